The number of rotatable bonds is 2. The predicted molar refractivity (Wildman–Crippen MR) is 36.5 cm³/mol. The van der Waals surface area contributed by atoms with Crippen LogP contribution in [0.5, 0.6) is 0 Å². The number of hydrogen-bond acceptors (Lipinski definition) is 1. The van der Waals surface area contributed by atoms with Crippen molar-refractivity contribution in [3.63, 3.8) is 0 Å². The molecule has 3 heteroatoms. The Bertz CT molecular complexity index is 93.8. The van der Waals surface area contributed by atoms with E-state index in [1.54, 1.807) is 0 Å². The molecule has 0 aromatic rings. The second kappa shape index (κ2) is 3.28. The summed E-state index contributed by atoms with van der Waals surface area (Å²) in [6, 6.07) is 0. The van der Waals surface area contributed by atoms with Gasteiger partial charge in [0.2, 0.25) is 0 Å². The molecule has 0 aromatic carbocycles. The third-order valence-corrected chi connectivity index (χ3v) is 2.13. The van der Waals surface area contributed by atoms with Crippen LogP contribution in [0.2, 0.25) is 0 Å². The normalized spacial score (nSPS) is 24.6. The van der Waals surface area contributed by atoms with E-state index < -0.39 is 18.8 Å². The second-order valence-electron chi connectivity index (χ2n) is 3.05. The van der Waals surface area contributed by atoms with E-state index in [2.05, 4.69) is 5.32 Å². The van der Waals surface area contributed by atoms with E-state index in [-0.39, 0.29) is 0 Å². The molecular weight excluding hydrogens is 136 g/mol. The molecule has 0 unspecified atom stereocenters. The summed E-state index contributed by atoms with van der Waals surface area (Å²) in [6.45, 7) is 0.342. The molecule has 1 nitrogen and oxygen atoms in total. The Morgan fingerprint density at radius 3 is 2.30 bits per heavy atom. The molecule has 0 radical (unpaired) electrons. The van der Waals surface area contributed by atoms with E-state index in [1.165, 1.54) is 0 Å². The lowest BCUT2D eigenvalue weighted by Crippen LogP contribution is -2.43. The van der Waals surface area contributed by atoms with Crippen LogP contribution < -0.4 is 5.32 Å². The van der Waals surface area contributed by atoms with Crippen LogP contribution in [0.25, 0.3) is 0 Å². The molecular formula is C7H13F2N. The van der Waals surface area contributed by atoms with Gasteiger partial charge in [0.25, 0.3) is 0 Å². The maximum atomic E-state index is 12.3. The summed E-state index contributed by atoms with van der Waals surface area (Å²) in [5.41, 5.74) is -0.682. The first kappa shape index (κ1) is 7.92. The Labute approximate surface area is 59.8 Å². The van der Waals surface area contributed by atoms with Gasteiger partial charge in [-0.25, -0.2) is 0 Å². The van der Waals surface area contributed by atoms with E-state index in [4.69, 9.17) is 0 Å². The largest absolute Gasteiger partial charge is 0.316 e. The number of alkyl halides is 2. The van der Waals surface area contributed by atoms with Gasteiger partial charge in [-0.15, -0.1) is 0 Å². The van der Waals surface area contributed by atoms with Gasteiger partial charge in [0.1, 0.15) is 0 Å². The molecule has 0 aliphatic carbocycles. The molecule has 1 fully saturated rings. The first-order valence-corrected chi connectivity index (χ1v) is 3.66. The van der Waals surface area contributed by atoms with Crippen LogP contribution in [0.3, 0.4) is 0 Å². The molecule has 1 aliphatic rings. The molecule has 1 saturated heterocycles. The zero-order valence-corrected chi connectivity index (χ0v) is 6.00. The molecule has 0 spiro atoms. The first-order valence-electron chi connectivity index (χ1n) is 3.66. The van der Waals surface area contributed by atoms with Crippen molar-refractivity contribution in [1.29, 1.82) is 0 Å². The van der Waals surface area contributed by atoms with Gasteiger partial charge in [0.15, 0.2) is 0 Å². The average Bonchev–Trinajstić information content (AvgIpc) is 2.06. The number of nitrogens with one attached hydrogen (secondary N) is 1. The summed E-state index contributed by atoms with van der Waals surface area (Å²) < 4.78 is 24.5. The fourth-order valence-corrected chi connectivity index (χ4v) is 1.29. The Hall–Kier alpha value is -0.180. The van der Waals surface area contributed by atoms with Crippen molar-refractivity contribution in [1.82, 2.24) is 5.32 Å². The van der Waals surface area contributed by atoms with Crippen molar-refractivity contribution in [3.05, 3.63) is 0 Å². The fourth-order valence-electron chi connectivity index (χ4n) is 1.29. The number of hydrogen-bond donors (Lipinski definition) is 1. The average molecular weight is 149 g/mol. The van der Waals surface area contributed by atoms with Crippen molar-refractivity contribution in [2.75, 3.05) is 26.4 Å². The molecule has 0 bridgehead atoms. The van der Waals surface area contributed by atoms with Crippen molar-refractivity contribution in [3.8, 4) is 0 Å². The van der Waals surface area contributed by atoms with Gasteiger partial charge in [-0.2, -0.15) is 0 Å². The van der Waals surface area contributed by atoms with Crippen molar-refractivity contribution >= 4 is 0 Å². The van der Waals surface area contributed by atoms with E-state index >= 15 is 0 Å². The molecule has 60 valence electrons. The standard InChI is InChI=1S/C7H13F2N/c8-4-7(5-9)2-1-3-10-6-7/h10H,1-6H2. The molecule has 1 aliphatic heterocycles. The van der Waals surface area contributed by atoms with Crippen LogP contribution in [-0.2, 0) is 0 Å². The zero-order chi connectivity index (χ0) is 7.45. The van der Waals surface area contributed by atoms with Gasteiger partial charge in [-0.1, -0.05) is 0 Å². The monoisotopic (exact) mass is 149 g/mol. The molecule has 0 saturated carbocycles. The predicted octanol–water partition coefficient (Wildman–Crippen LogP) is 1.30. The van der Waals surface area contributed by atoms with E-state index in [9.17, 15) is 8.78 Å². The van der Waals surface area contributed by atoms with Crippen LogP contribution in [0.4, 0.5) is 8.78 Å². The summed E-state index contributed by atoms with van der Waals surface area (Å²) in [6.07, 6.45) is 1.58. The van der Waals surface area contributed by atoms with Gasteiger partial charge in [-0.05, 0) is 19.4 Å². The molecule has 0 atom stereocenters. The first-order chi connectivity index (χ1) is 4.83. The Morgan fingerprint density at radius 2 is 2.00 bits per heavy atom. The quantitative estimate of drug-likeness (QED) is 0.624. The fraction of sp³-hybridized carbons (Fsp3) is 1.00. The summed E-state index contributed by atoms with van der Waals surface area (Å²) >= 11 is 0. The van der Waals surface area contributed by atoms with Crippen LogP contribution in [-0.4, -0.2) is 26.4 Å². The highest BCUT2D eigenvalue weighted by Crippen LogP contribution is 2.26. The van der Waals surface area contributed by atoms with E-state index in [0.717, 1.165) is 13.0 Å². The zero-order valence-electron chi connectivity index (χ0n) is 6.00. The smallest absolute Gasteiger partial charge is 0.0987 e. The highest BCUT2D eigenvalue weighted by atomic mass is 19.1. The van der Waals surface area contributed by atoms with E-state index in [0.29, 0.717) is 13.0 Å². The highest BCUT2D eigenvalue weighted by Gasteiger charge is 2.31. The van der Waals surface area contributed by atoms with Crippen LogP contribution in [0.15, 0.2) is 0 Å². The van der Waals surface area contributed by atoms with Gasteiger partial charge >= 0.3 is 0 Å². The van der Waals surface area contributed by atoms with Gasteiger partial charge in [0.05, 0.1) is 13.3 Å². The Balaban J connectivity index is 2.44. The van der Waals surface area contributed by atoms with Crippen molar-refractivity contribution < 1.29 is 8.78 Å². The van der Waals surface area contributed by atoms with Gasteiger partial charge < -0.3 is 5.32 Å². The molecule has 10 heavy (non-hydrogen) atoms. The van der Waals surface area contributed by atoms with Gasteiger partial charge in [-0.3, -0.25) is 8.78 Å². The third-order valence-electron chi connectivity index (χ3n) is 2.13. The maximum absolute atomic E-state index is 12.3. The summed E-state index contributed by atoms with van der Waals surface area (Å²) in [7, 11) is 0. The van der Waals surface area contributed by atoms with E-state index in [1.807, 2.05) is 0 Å². The summed E-state index contributed by atoms with van der Waals surface area (Å²) in [5.74, 6) is 0. The minimum absolute atomic E-state index is 0.500. The summed E-state index contributed by atoms with van der Waals surface area (Å²) in [5, 5.41) is 3.00. The minimum Gasteiger partial charge on any atom is -0.316 e. The lowest BCUT2D eigenvalue weighted by Gasteiger charge is -2.32. The van der Waals surface area contributed by atoms with Crippen molar-refractivity contribution in [2.24, 2.45) is 5.41 Å². The van der Waals surface area contributed by atoms with Crippen LogP contribution in [0, 0.1) is 5.41 Å². The van der Waals surface area contributed by atoms with Crippen molar-refractivity contribution in [2.45, 2.75) is 12.8 Å². The molecule has 1 heterocycles. The molecule has 1 rings (SSSR count). The number of piperidine rings is 1. The topological polar surface area (TPSA) is 12.0 Å². The molecule has 1 N–H and O–H groups in total. The highest BCUT2D eigenvalue weighted by molar-refractivity contribution is 4.84. The Kier molecular flexibility index (Phi) is 2.60. The lowest BCUT2D eigenvalue weighted by molar-refractivity contribution is 0.114. The SMILES string of the molecule is FCC1(CF)CCCNC1. The van der Waals surface area contributed by atoms with Gasteiger partial charge in [0, 0.05) is 12.0 Å². The second-order valence-corrected chi connectivity index (χ2v) is 3.05. The summed E-state index contributed by atoms with van der Waals surface area (Å²) in [4.78, 5) is 0. The Morgan fingerprint density at radius 1 is 1.30 bits per heavy atom. The lowest BCUT2D eigenvalue weighted by atomic mass is 9.83. The van der Waals surface area contributed by atoms with Crippen LogP contribution >= 0.6 is 0 Å². The third kappa shape index (κ3) is 1.45. The molecule has 0 amide bonds. The number of halogens is 2. The molecule has 0 aromatic heterocycles. The van der Waals surface area contributed by atoms with Crippen LogP contribution in [0.1, 0.15) is 12.8 Å². The minimum atomic E-state index is -0.682. The maximum Gasteiger partial charge on any atom is 0.0987 e.